The maximum atomic E-state index is 4.59. The van der Waals surface area contributed by atoms with Gasteiger partial charge in [-0.25, -0.2) is 0 Å². The number of anilines is 4. The molecule has 0 saturated heterocycles. The third kappa shape index (κ3) is 4.81. The van der Waals surface area contributed by atoms with Crippen molar-refractivity contribution in [2.24, 2.45) is 0 Å². The molecule has 0 atom stereocenters. The molecule has 1 heterocycles. The molecule has 0 aliphatic rings. The van der Waals surface area contributed by atoms with Crippen LogP contribution >= 0.6 is 0 Å². The second-order valence-electron chi connectivity index (χ2n) is 5.69. The molecule has 1 aromatic carbocycles. The Labute approximate surface area is 138 Å². The van der Waals surface area contributed by atoms with E-state index in [2.05, 4.69) is 56.3 Å². The minimum absolute atomic E-state index is 0.525. The van der Waals surface area contributed by atoms with E-state index < -0.39 is 0 Å². The van der Waals surface area contributed by atoms with Crippen LogP contribution in [0.5, 0.6) is 0 Å². The van der Waals surface area contributed by atoms with Gasteiger partial charge in [-0.2, -0.15) is 10.1 Å². The molecule has 2 aromatic rings. The van der Waals surface area contributed by atoms with Crippen LogP contribution in [0.25, 0.3) is 0 Å². The van der Waals surface area contributed by atoms with Crippen molar-refractivity contribution in [3.8, 4) is 0 Å². The minimum atomic E-state index is 0.525. The summed E-state index contributed by atoms with van der Waals surface area (Å²) in [4.78, 5) is 8.90. The van der Waals surface area contributed by atoms with E-state index in [9.17, 15) is 0 Å². The summed E-state index contributed by atoms with van der Waals surface area (Å²) < 4.78 is 0. The second kappa shape index (κ2) is 8.31. The van der Waals surface area contributed by atoms with Crippen LogP contribution in [-0.2, 0) is 0 Å². The Hall–Kier alpha value is -2.37. The molecule has 23 heavy (non-hydrogen) atoms. The zero-order chi connectivity index (χ0) is 16.7. The number of nitrogens with one attached hydrogen (secondary N) is 1. The topological polar surface area (TPSA) is 57.2 Å². The summed E-state index contributed by atoms with van der Waals surface area (Å²) in [5.41, 5.74) is 2.10. The number of rotatable bonds is 8. The summed E-state index contributed by atoms with van der Waals surface area (Å²) in [5.74, 6) is 1.40. The SMILES string of the molecule is CCCN(CCC)c1cnnc(Nc2ccc(N(C)C)cc2)n1. The zero-order valence-corrected chi connectivity index (χ0v) is 14.5. The first-order valence-electron chi connectivity index (χ1n) is 8.13. The van der Waals surface area contributed by atoms with Crippen LogP contribution in [0.4, 0.5) is 23.1 Å². The van der Waals surface area contributed by atoms with Crippen LogP contribution < -0.4 is 15.1 Å². The van der Waals surface area contributed by atoms with Crippen molar-refractivity contribution in [1.82, 2.24) is 15.2 Å². The van der Waals surface area contributed by atoms with Crippen LogP contribution in [0, 0.1) is 0 Å². The molecule has 124 valence electrons. The molecule has 2 rings (SSSR count). The first kappa shape index (κ1) is 17.0. The summed E-state index contributed by atoms with van der Waals surface area (Å²) in [7, 11) is 4.05. The van der Waals surface area contributed by atoms with Crippen LogP contribution in [0.3, 0.4) is 0 Å². The zero-order valence-electron chi connectivity index (χ0n) is 14.5. The van der Waals surface area contributed by atoms with Crippen molar-refractivity contribution in [2.45, 2.75) is 26.7 Å². The van der Waals surface area contributed by atoms with E-state index in [4.69, 9.17) is 0 Å². The maximum Gasteiger partial charge on any atom is 0.249 e. The van der Waals surface area contributed by atoms with Gasteiger partial charge in [0.1, 0.15) is 0 Å². The van der Waals surface area contributed by atoms with Gasteiger partial charge in [-0.15, -0.1) is 5.10 Å². The molecule has 6 heteroatoms. The fraction of sp³-hybridized carbons (Fsp3) is 0.471. The van der Waals surface area contributed by atoms with Gasteiger partial charge in [0.05, 0.1) is 6.20 Å². The predicted molar refractivity (Wildman–Crippen MR) is 96.7 cm³/mol. The van der Waals surface area contributed by atoms with Crippen LogP contribution in [-0.4, -0.2) is 42.4 Å². The van der Waals surface area contributed by atoms with E-state index in [1.54, 1.807) is 6.20 Å². The molecule has 0 fully saturated rings. The number of benzene rings is 1. The number of aromatic nitrogens is 3. The lowest BCUT2D eigenvalue weighted by atomic mass is 10.2. The highest BCUT2D eigenvalue weighted by atomic mass is 15.3. The first-order chi connectivity index (χ1) is 11.1. The summed E-state index contributed by atoms with van der Waals surface area (Å²) in [6, 6.07) is 8.14. The normalized spacial score (nSPS) is 10.4. The molecule has 0 unspecified atom stereocenters. The van der Waals surface area contributed by atoms with Gasteiger partial charge >= 0.3 is 0 Å². The largest absolute Gasteiger partial charge is 0.378 e. The van der Waals surface area contributed by atoms with E-state index >= 15 is 0 Å². The smallest absolute Gasteiger partial charge is 0.249 e. The fourth-order valence-electron chi connectivity index (χ4n) is 2.35. The highest BCUT2D eigenvalue weighted by molar-refractivity contribution is 5.59. The molecule has 0 saturated carbocycles. The Morgan fingerprint density at radius 1 is 1.00 bits per heavy atom. The number of nitrogens with zero attached hydrogens (tertiary/aromatic N) is 5. The molecule has 6 nitrogen and oxygen atoms in total. The fourth-order valence-corrected chi connectivity index (χ4v) is 2.35. The number of hydrogen-bond acceptors (Lipinski definition) is 6. The maximum absolute atomic E-state index is 4.59. The van der Waals surface area contributed by atoms with Crippen molar-refractivity contribution in [3.05, 3.63) is 30.5 Å². The van der Waals surface area contributed by atoms with Crippen LogP contribution in [0.1, 0.15) is 26.7 Å². The van der Waals surface area contributed by atoms with Gasteiger partial charge in [-0.05, 0) is 37.1 Å². The quantitative estimate of drug-likeness (QED) is 0.807. The molecule has 0 radical (unpaired) electrons. The van der Waals surface area contributed by atoms with Gasteiger partial charge in [0, 0.05) is 38.6 Å². The average molecular weight is 314 g/mol. The second-order valence-corrected chi connectivity index (χ2v) is 5.69. The monoisotopic (exact) mass is 314 g/mol. The molecular formula is C17H26N6. The van der Waals surface area contributed by atoms with Crippen molar-refractivity contribution < 1.29 is 0 Å². The molecule has 0 aliphatic heterocycles. The van der Waals surface area contributed by atoms with Gasteiger partial charge < -0.3 is 15.1 Å². The predicted octanol–water partition coefficient (Wildman–Crippen LogP) is 3.31. The van der Waals surface area contributed by atoms with Crippen LogP contribution in [0.15, 0.2) is 30.5 Å². The third-order valence-corrected chi connectivity index (χ3v) is 3.50. The Bertz CT molecular complexity index is 590. The summed E-state index contributed by atoms with van der Waals surface area (Å²) >= 11 is 0. The molecular weight excluding hydrogens is 288 g/mol. The van der Waals surface area contributed by atoms with Crippen molar-refractivity contribution in [2.75, 3.05) is 42.3 Å². The standard InChI is InChI=1S/C17H26N6/c1-5-11-23(12-6-2)16-13-18-21-17(20-16)19-14-7-9-15(10-8-14)22(3)4/h7-10,13H,5-6,11-12H2,1-4H3,(H,19,20,21). The third-order valence-electron chi connectivity index (χ3n) is 3.50. The lowest BCUT2D eigenvalue weighted by molar-refractivity contribution is 0.728. The lowest BCUT2D eigenvalue weighted by Crippen LogP contribution is -2.26. The summed E-state index contributed by atoms with van der Waals surface area (Å²) in [6.45, 7) is 6.29. The molecule has 1 N–H and O–H groups in total. The van der Waals surface area contributed by atoms with Crippen molar-refractivity contribution in [1.29, 1.82) is 0 Å². The summed E-state index contributed by atoms with van der Waals surface area (Å²) in [6.07, 6.45) is 3.89. The Balaban J connectivity index is 2.12. The average Bonchev–Trinajstić information content (AvgIpc) is 2.55. The van der Waals surface area contributed by atoms with Crippen molar-refractivity contribution >= 4 is 23.1 Å². The molecule has 0 amide bonds. The van der Waals surface area contributed by atoms with Gasteiger partial charge in [0.25, 0.3) is 0 Å². The van der Waals surface area contributed by atoms with Crippen LogP contribution in [0.2, 0.25) is 0 Å². The van der Waals surface area contributed by atoms with Gasteiger partial charge in [0.2, 0.25) is 5.95 Å². The van der Waals surface area contributed by atoms with E-state index in [1.165, 1.54) is 0 Å². The van der Waals surface area contributed by atoms with E-state index in [0.717, 1.165) is 43.1 Å². The van der Waals surface area contributed by atoms with Gasteiger partial charge in [-0.3, -0.25) is 0 Å². The van der Waals surface area contributed by atoms with Gasteiger partial charge in [0.15, 0.2) is 5.82 Å². The molecule has 0 bridgehead atoms. The highest BCUT2D eigenvalue weighted by Gasteiger charge is 2.08. The van der Waals surface area contributed by atoms with E-state index in [1.807, 2.05) is 26.2 Å². The molecule has 1 aromatic heterocycles. The van der Waals surface area contributed by atoms with Gasteiger partial charge in [-0.1, -0.05) is 13.8 Å². The lowest BCUT2D eigenvalue weighted by Gasteiger charge is -2.22. The van der Waals surface area contributed by atoms with E-state index in [0.29, 0.717) is 5.95 Å². The Kier molecular flexibility index (Phi) is 6.14. The van der Waals surface area contributed by atoms with Crippen molar-refractivity contribution in [3.63, 3.8) is 0 Å². The molecule has 0 spiro atoms. The summed E-state index contributed by atoms with van der Waals surface area (Å²) in [5, 5.41) is 11.4. The Morgan fingerprint density at radius 3 is 2.22 bits per heavy atom. The number of hydrogen-bond donors (Lipinski definition) is 1. The highest BCUT2D eigenvalue weighted by Crippen LogP contribution is 2.19. The first-order valence-corrected chi connectivity index (χ1v) is 8.13. The molecule has 0 aliphatic carbocycles. The van der Waals surface area contributed by atoms with E-state index in [-0.39, 0.29) is 0 Å². The Morgan fingerprint density at radius 2 is 1.65 bits per heavy atom. The minimum Gasteiger partial charge on any atom is -0.378 e.